The Kier molecular flexibility index (Phi) is 3.54. The average molecular weight is 253 g/mol. The van der Waals surface area contributed by atoms with Crippen LogP contribution < -0.4 is 5.32 Å². The van der Waals surface area contributed by atoms with Crippen molar-refractivity contribution in [2.45, 2.75) is 30.2 Å². The molecule has 0 amide bonds. The first-order valence-corrected chi connectivity index (χ1v) is 7.89. The Morgan fingerprint density at radius 3 is 2.18 bits per heavy atom. The quantitative estimate of drug-likeness (QED) is 0.894. The third-order valence-electron chi connectivity index (χ3n) is 3.60. The minimum Gasteiger partial charge on any atom is -0.313 e. The van der Waals surface area contributed by atoms with E-state index in [0.29, 0.717) is 16.9 Å². The molecule has 1 aromatic carbocycles. The molecule has 0 spiro atoms. The molecule has 17 heavy (non-hydrogen) atoms. The molecular formula is C13H19NO2S. The number of hydrogen-bond donors (Lipinski definition) is 1. The lowest BCUT2D eigenvalue weighted by molar-refractivity contribution is 0.239. The van der Waals surface area contributed by atoms with E-state index >= 15 is 0 Å². The summed E-state index contributed by atoms with van der Waals surface area (Å²) in [5, 5.41) is 3.33. The summed E-state index contributed by atoms with van der Waals surface area (Å²) in [7, 11) is -1.12. The van der Waals surface area contributed by atoms with Crippen molar-refractivity contribution in [3.05, 3.63) is 29.8 Å². The van der Waals surface area contributed by atoms with Gasteiger partial charge in [-0.2, -0.15) is 0 Å². The van der Waals surface area contributed by atoms with Gasteiger partial charge >= 0.3 is 0 Å². The van der Waals surface area contributed by atoms with E-state index < -0.39 is 9.84 Å². The molecule has 0 aromatic heterocycles. The van der Waals surface area contributed by atoms with Gasteiger partial charge in [0.25, 0.3) is 0 Å². The Morgan fingerprint density at radius 1 is 1.24 bits per heavy atom. The predicted molar refractivity (Wildman–Crippen MR) is 68.7 cm³/mol. The SMILES string of the molecule is CNC(c1ccc(S(C)(=O)=O)cc1)C1CCC1. The number of rotatable bonds is 4. The van der Waals surface area contributed by atoms with Crippen molar-refractivity contribution < 1.29 is 8.42 Å². The van der Waals surface area contributed by atoms with E-state index in [1.54, 1.807) is 12.1 Å². The molecule has 0 saturated heterocycles. The van der Waals surface area contributed by atoms with Crippen LogP contribution in [0.5, 0.6) is 0 Å². The van der Waals surface area contributed by atoms with E-state index in [9.17, 15) is 8.42 Å². The van der Waals surface area contributed by atoms with E-state index in [1.165, 1.54) is 31.1 Å². The summed E-state index contributed by atoms with van der Waals surface area (Å²) in [6.45, 7) is 0. The van der Waals surface area contributed by atoms with Gasteiger partial charge in [-0.15, -0.1) is 0 Å². The van der Waals surface area contributed by atoms with E-state index in [2.05, 4.69) is 5.32 Å². The first-order valence-electron chi connectivity index (χ1n) is 5.99. The highest BCUT2D eigenvalue weighted by Crippen LogP contribution is 2.37. The van der Waals surface area contributed by atoms with Crippen molar-refractivity contribution in [3.8, 4) is 0 Å². The molecule has 1 aromatic rings. The molecule has 0 heterocycles. The van der Waals surface area contributed by atoms with Crippen LogP contribution in [0.2, 0.25) is 0 Å². The topological polar surface area (TPSA) is 46.2 Å². The normalized spacial score (nSPS) is 18.7. The van der Waals surface area contributed by atoms with Gasteiger partial charge in [-0.1, -0.05) is 18.6 Å². The van der Waals surface area contributed by atoms with E-state index in [-0.39, 0.29) is 0 Å². The van der Waals surface area contributed by atoms with Crippen LogP contribution in [0.25, 0.3) is 0 Å². The Morgan fingerprint density at radius 2 is 1.82 bits per heavy atom. The first-order chi connectivity index (χ1) is 8.02. The summed E-state index contributed by atoms with van der Waals surface area (Å²) in [5.41, 5.74) is 1.18. The summed E-state index contributed by atoms with van der Waals surface area (Å²) < 4.78 is 22.7. The predicted octanol–water partition coefficient (Wildman–Crippen LogP) is 2.15. The fourth-order valence-corrected chi connectivity index (χ4v) is 3.00. The molecule has 4 heteroatoms. The molecule has 0 radical (unpaired) electrons. The van der Waals surface area contributed by atoms with Gasteiger partial charge in [-0.05, 0) is 43.5 Å². The molecule has 1 unspecified atom stereocenters. The van der Waals surface area contributed by atoms with Crippen LogP contribution in [0, 0.1) is 5.92 Å². The first kappa shape index (κ1) is 12.6. The Balaban J connectivity index is 2.21. The van der Waals surface area contributed by atoms with Crippen LogP contribution in [0.3, 0.4) is 0 Å². The zero-order chi connectivity index (χ0) is 12.5. The second-order valence-electron chi connectivity index (χ2n) is 4.80. The van der Waals surface area contributed by atoms with Crippen LogP contribution in [-0.4, -0.2) is 21.7 Å². The standard InChI is InChI=1S/C13H19NO2S/c1-14-13(10-4-3-5-10)11-6-8-12(9-7-11)17(2,15)16/h6-10,13-14H,3-5H2,1-2H3. The second kappa shape index (κ2) is 4.78. The van der Waals surface area contributed by atoms with Gasteiger partial charge in [0.1, 0.15) is 0 Å². The second-order valence-corrected chi connectivity index (χ2v) is 6.81. The summed E-state index contributed by atoms with van der Waals surface area (Å²) >= 11 is 0. The van der Waals surface area contributed by atoms with Crippen molar-refractivity contribution >= 4 is 9.84 Å². The number of hydrogen-bond acceptors (Lipinski definition) is 3. The Bertz CT molecular complexity index is 475. The van der Waals surface area contributed by atoms with Gasteiger partial charge in [-0.25, -0.2) is 8.42 Å². The fourth-order valence-electron chi connectivity index (χ4n) is 2.37. The fraction of sp³-hybridized carbons (Fsp3) is 0.538. The van der Waals surface area contributed by atoms with Gasteiger partial charge in [0.2, 0.25) is 0 Å². The smallest absolute Gasteiger partial charge is 0.175 e. The van der Waals surface area contributed by atoms with Gasteiger partial charge in [-0.3, -0.25) is 0 Å². The maximum atomic E-state index is 11.4. The lowest BCUT2D eigenvalue weighted by atomic mass is 9.77. The molecule has 1 aliphatic carbocycles. The van der Waals surface area contributed by atoms with Crippen molar-refractivity contribution in [3.63, 3.8) is 0 Å². The van der Waals surface area contributed by atoms with Crippen LogP contribution in [-0.2, 0) is 9.84 Å². The maximum Gasteiger partial charge on any atom is 0.175 e. The van der Waals surface area contributed by atoms with Crippen LogP contribution >= 0.6 is 0 Å². The molecule has 2 rings (SSSR count). The molecule has 1 N–H and O–H groups in total. The van der Waals surface area contributed by atoms with E-state index in [0.717, 1.165) is 0 Å². The summed E-state index contributed by atoms with van der Waals surface area (Å²) in [5.74, 6) is 0.698. The Hall–Kier alpha value is -0.870. The van der Waals surface area contributed by atoms with Crippen molar-refractivity contribution in [2.24, 2.45) is 5.92 Å². The minimum absolute atomic E-state index is 0.359. The summed E-state index contributed by atoms with van der Waals surface area (Å²) in [4.78, 5) is 0.393. The molecule has 0 aliphatic heterocycles. The molecule has 1 aliphatic rings. The maximum absolute atomic E-state index is 11.4. The third-order valence-corrected chi connectivity index (χ3v) is 4.73. The molecule has 1 saturated carbocycles. The van der Waals surface area contributed by atoms with Crippen LogP contribution in [0.1, 0.15) is 30.9 Å². The lowest BCUT2D eigenvalue weighted by Gasteiger charge is -2.34. The minimum atomic E-state index is -3.08. The molecule has 1 fully saturated rings. The highest BCUT2D eigenvalue weighted by Gasteiger charge is 2.27. The number of nitrogens with one attached hydrogen (secondary N) is 1. The van der Waals surface area contributed by atoms with E-state index in [4.69, 9.17) is 0 Å². The zero-order valence-electron chi connectivity index (χ0n) is 10.3. The van der Waals surface area contributed by atoms with Crippen molar-refractivity contribution in [1.82, 2.24) is 5.32 Å². The molecule has 0 bridgehead atoms. The Labute approximate surface area is 103 Å². The highest BCUT2D eigenvalue weighted by molar-refractivity contribution is 7.90. The largest absolute Gasteiger partial charge is 0.313 e. The van der Waals surface area contributed by atoms with Gasteiger partial charge < -0.3 is 5.32 Å². The van der Waals surface area contributed by atoms with E-state index in [1.807, 2.05) is 19.2 Å². The molecule has 3 nitrogen and oxygen atoms in total. The van der Waals surface area contributed by atoms with Crippen molar-refractivity contribution in [1.29, 1.82) is 0 Å². The molecular weight excluding hydrogens is 234 g/mol. The number of sulfone groups is 1. The monoisotopic (exact) mass is 253 g/mol. The summed E-state index contributed by atoms with van der Waals surface area (Å²) in [6, 6.07) is 7.62. The van der Waals surface area contributed by atoms with Gasteiger partial charge in [0.15, 0.2) is 9.84 Å². The van der Waals surface area contributed by atoms with Gasteiger partial charge in [0.05, 0.1) is 4.90 Å². The molecule has 94 valence electrons. The summed E-state index contributed by atoms with van der Waals surface area (Å²) in [6.07, 6.45) is 5.08. The van der Waals surface area contributed by atoms with Crippen molar-refractivity contribution in [2.75, 3.05) is 13.3 Å². The van der Waals surface area contributed by atoms with Gasteiger partial charge in [0, 0.05) is 12.3 Å². The highest BCUT2D eigenvalue weighted by atomic mass is 32.2. The van der Waals surface area contributed by atoms with Crippen LogP contribution in [0.15, 0.2) is 29.2 Å². The third kappa shape index (κ3) is 2.69. The number of benzene rings is 1. The van der Waals surface area contributed by atoms with Crippen LogP contribution in [0.4, 0.5) is 0 Å². The molecule has 1 atom stereocenters. The zero-order valence-corrected chi connectivity index (χ0v) is 11.1. The average Bonchev–Trinajstić information content (AvgIpc) is 2.22. The lowest BCUT2D eigenvalue weighted by Crippen LogP contribution is -2.29.